The molecular weight excluding hydrogens is 671 g/mol. The van der Waals surface area contributed by atoms with Crippen molar-refractivity contribution < 1.29 is 14.3 Å². The first-order chi connectivity index (χ1) is 26.3. The van der Waals surface area contributed by atoms with E-state index < -0.39 is 0 Å². The fourth-order valence-corrected chi connectivity index (χ4v) is 8.36. The van der Waals surface area contributed by atoms with Crippen LogP contribution < -0.4 is 14.7 Å². The Bertz CT molecular complexity index is 1720. The average Bonchev–Trinajstić information content (AvgIpc) is 3.22. The third kappa shape index (κ3) is 9.83. The summed E-state index contributed by atoms with van der Waals surface area (Å²) in [5.74, 6) is 0.301. The molecule has 286 valence electrons. The lowest BCUT2D eigenvalue weighted by Gasteiger charge is -2.43. The molecule has 8 nitrogen and oxygen atoms in total. The second-order valence-corrected chi connectivity index (χ2v) is 15.3. The summed E-state index contributed by atoms with van der Waals surface area (Å²) in [4.78, 5) is 37.2. The molecule has 4 aromatic carbocycles. The number of amides is 2. The van der Waals surface area contributed by atoms with E-state index in [2.05, 4.69) is 115 Å². The van der Waals surface area contributed by atoms with Gasteiger partial charge in [-0.2, -0.15) is 0 Å². The molecule has 2 amide bonds. The van der Waals surface area contributed by atoms with Crippen molar-refractivity contribution in [2.24, 2.45) is 0 Å². The molecule has 0 aromatic heterocycles. The van der Waals surface area contributed by atoms with Crippen LogP contribution in [0.3, 0.4) is 0 Å². The number of ether oxygens (including phenoxy) is 1. The highest BCUT2D eigenvalue weighted by Gasteiger charge is 2.31. The van der Waals surface area contributed by atoms with Crippen LogP contribution in [-0.4, -0.2) is 98.3 Å². The van der Waals surface area contributed by atoms with Crippen LogP contribution in [0.15, 0.2) is 115 Å². The number of hydrogen-bond acceptors (Lipinski definition) is 6. The normalized spacial score (nSPS) is 17.9. The van der Waals surface area contributed by atoms with Gasteiger partial charge in [0.25, 0.3) is 11.8 Å². The number of para-hydroxylation sites is 2. The summed E-state index contributed by atoms with van der Waals surface area (Å²) in [6.45, 7) is 15.6. The van der Waals surface area contributed by atoms with Gasteiger partial charge < -0.3 is 29.2 Å². The summed E-state index contributed by atoms with van der Waals surface area (Å²) in [6, 6.07) is 40.6. The van der Waals surface area contributed by atoms with E-state index >= 15 is 0 Å². The number of carbonyl (C=O) groups excluding carboxylic acids is 2. The summed E-state index contributed by atoms with van der Waals surface area (Å²) < 4.78 is 5.43. The second kappa shape index (κ2) is 19.0. The Morgan fingerprint density at radius 1 is 0.556 bits per heavy atom. The number of rotatable bonds is 9. The Balaban J connectivity index is 0.000000189. The van der Waals surface area contributed by atoms with Crippen LogP contribution in [0, 0.1) is 0 Å². The second-order valence-electron chi connectivity index (χ2n) is 15.3. The Kier molecular flexibility index (Phi) is 13.7. The predicted molar refractivity (Wildman–Crippen MR) is 222 cm³/mol. The summed E-state index contributed by atoms with van der Waals surface area (Å²) >= 11 is 0. The molecule has 0 radical (unpaired) electrons. The molecule has 7 rings (SSSR count). The van der Waals surface area contributed by atoms with E-state index in [1.165, 1.54) is 17.1 Å². The zero-order valence-electron chi connectivity index (χ0n) is 32.7. The third-order valence-electron chi connectivity index (χ3n) is 11.0. The maximum absolute atomic E-state index is 13.2. The Morgan fingerprint density at radius 2 is 1.04 bits per heavy atom. The van der Waals surface area contributed by atoms with E-state index in [1.54, 1.807) is 0 Å². The lowest BCUT2D eigenvalue weighted by molar-refractivity contribution is 0.0699. The molecule has 3 fully saturated rings. The molecule has 4 aromatic rings. The van der Waals surface area contributed by atoms with Gasteiger partial charge in [0.2, 0.25) is 0 Å². The Labute approximate surface area is 323 Å². The number of anilines is 3. The maximum atomic E-state index is 13.2. The van der Waals surface area contributed by atoms with Crippen molar-refractivity contribution >= 4 is 28.9 Å². The largest absolute Gasteiger partial charge is 0.378 e. The lowest BCUT2D eigenvalue weighted by Crippen LogP contribution is -2.52. The maximum Gasteiger partial charge on any atom is 0.253 e. The fraction of sp³-hybridized carbons (Fsp3) is 0.435. The summed E-state index contributed by atoms with van der Waals surface area (Å²) in [5.41, 5.74) is 5.26. The van der Waals surface area contributed by atoms with Crippen molar-refractivity contribution in [3.8, 4) is 0 Å². The van der Waals surface area contributed by atoms with Gasteiger partial charge in [-0.1, -0.05) is 54.6 Å². The van der Waals surface area contributed by atoms with Gasteiger partial charge in [-0.25, -0.2) is 0 Å². The number of hydrogen-bond donors (Lipinski definition) is 0. The highest BCUT2D eigenvalue weighted by molar-refractivity contribution is 5.95. The Morgan fingerprint density at radius 3 is 1.57 bits per heavy atom. The first-order valence-corrected chi connectivity index (χ1v) is 20.0. The van der Waals surface area contributed by atoms with Crippen molar-refractivity contribution in [2.75, 3.05) is 67.2 Å². The van der Waals surface area contributed by atoms with Crippen LogP contribution in [0.1, 0.15) is 74.1 Å². The number of likely N-dealkylation sites (tertiary alicyclic amines) is 2. The van der Waals surface area contributed by atoms with E-state index in [9.17, 15) is 9.59 Å². The van der Waals surface area contributed by atoms with Crippen molar-refractivity contribution in [1.29, 1.82) is 0 Å². The van der Waals surface area contributed by atoms with Crippen LogP contribution in [0.4, 0.5) is 17.1 Å². The van der Waals surface area contributed by atoms with Crippen LogP contribution in [0.25, 0.3) is 0 Å². The van der Waals surface area contributed by atoms with E-state index in [1.807, 2.05) is 52.3 Å². The predicted octanol–water partition coefficient (Wildman–Crippen LogP) is 8.25. The first-order valence-electron chi connectivity index (χ1n) is 20.0. The van der Waals surface area contributed by atoms with Crippen LogP contribution >= 0.6 is 0 Å². The standard InChI is InChI=1S/C25H33N3O2.C21H26N2O/c1-20(2)28(23-7-4-3-5-8-23)24-9-6-14-27(19-24)25(29)21-10-12-22(13-11-21)26-15-17-30-18-16-26;1-17(2)23(19-11-7-4-8-12-19)20-13-15-22(16-14-20)21(24)18-9-5-3-6-10-18/h3-5,7-8,10-13,20,24H,6,9,14-19H2,1-2H3;3-12,17,20H,13-16H2,1-2H3/t24-;/m1./s1. The van der Waals surface area contributed by atoms with Gasteiger partial charge in [-0.15, -0.1) is 0 Å². The zero-order valence-corrected chi connectivity index (χ0v) is 32.7. The molecule has 3 aliphatic heterocycles. The van der Waals surface area contributed by atoms with Crippen LogP contribution in [0.2, 0.25) is 0 Å². The number of carbonyl (C=O) groups is 2. The highest BCUT2D eigenvalue weighted by atomic mass is 16.5. The minimum absolute atomic E-state index is 0.144. The van der Waals surface area contributed by atoms with Crippen molar-refractivity contribution in [3.05, 3.63) is 126 Å². The summed E-state index contributed by atoms with van der Waals surface area (Å²) in [7, 11) is 0. The van der Waals surface area contributed by atoms with E-state index in [4.69, 9.17) is 4.74 Å². The van der Waals surface area contributed by atoms with Crippen LogP contribution in [-0.2, 0) is 4.74 Å². The zero-order chi connectivity index (χ0) is 37.9. The number of benzene rings is 4. The number of piperidine rings is 2. The van der Waals surface area contributed by atoms with E-state index in [-0.39, 0.29) is 11.8 Å². The smallest absolute Gasteiger partial charge is 0.253 e. The molecule has 0 spiro atoms. The van der Waals surface area contributed by atoms with Crippen molar-refractivity contribution in [2.45, 2.75) is 77.5 Å². The van der Waals surface area contributed by atoms with Crippen LogP contribution in [0.5, 0.6) is 0 Å². The average molecular weight is 730 g/mol. The van der Waals surface area contributed by atoms with Gasteiger partial charge in [0.1, 0.15) is 0 Å². The molecular formula is C46H59N5O3. The monoisotopic (exact) mass is 729 g/mol. The molecule has 3 aliphatic rings. The highest BCUT2D eigenvalue weighted by Crippen LogP contribution is 2.28. The molecule has 3 saturated heterocycles. The SMILES string of the molecule is CC(C)N(c1ccccc1)C1CCN(C(=O)c2ccccc2)CC1.CC(C)N(c1ccccc1)[C@@H]1CCCN(C(=O)c2ccc(N3CCOCC3)cc2)C1. The number of nitrogens with zero attached hydrogens (tertiary/aromatic N) is 5. The first kappa shape index (κ1) is 38.9. The Hall–Kier alpha value is -4.82. The van der Waals surface area contributed by atoms with Gasteiger partial charge in [0, 0.05) is 91.6 Å². The van der Waals surface area contributed by atoms with Crippen molar-refractivity contribution in [1.82, 2.24) is 9.80 Å². The molecule has 0 aliphatic carbocycles. The van der Waals surface area contributed by atoms with Gasteiger partial charge in [-0.05, 0) is 114 Å². The van der Waals surface area contributed by atoms with Crippen molar-refractivity contribution in [3.63, 3.8) is 0 Å². The topological polar surface area (TPSA) is 59.6 Å². The minimum Gasteiger partial charge on any atom is -0.378 e. The fourth-order valence-electron chi connectivity index (χ4n) is 8.36. The summed E-state index contributed by atoms with van der Waals surface area (Å²) in [5, 5.41) is 0. The quantitative estimate of drug-likeness (QED) is 0.173. The molecule has 0 saturated carbocycles. The number of morpholine rings is 1. The minimum atomic E-state index is 0.144. The van der Waals surface area contributed by atoms with E-state index in [0.717, 1.165) is 89.3 Å². The molecule has 54 heavy (non-hydrogen) atoms. The molecule has 0 bridgehead atoms. The summed E-state index contributed by atoms with van der Waals surface area (Å²) in [6.07, 6.45) is 4.20. The molecule has 8 heteroatoms. The van der Waals surface area contributed by atoms with Gasteiger partial charge in [0.05, 0.1) is 13.2 Å². The molecule has 0 N–H and O–H groups in total. The van der Waals surface area contributed by atoms with Gasteiger partial charge >= 0.3 is 0 Å². The van der Waals surface area contributed by atoms with E-state index in [0.29, 0.717) is 24.2 Å². The third-order valence-corrected chi connectivity index (χ3v) is 11.0. The lowest BCUT2D eigenvalue weighted by atomic mass is 9.99. The molecule has 0 unspecified atom stereocenters. The van der Waals surface area contributed by atoms with Gasteiger partial charge in [0.15, 0.2) is 0 Å². The van der Waals surface area contributed by atoms with Gasteiger partial charge in [-0.3, -0.25) is 9.59 Å². The molecule has 3 heterocycles. The molecule has 1 atom stereocenters.